The highest BCUT2D eigenvalue weighted by Gasteiger charge is 2.46. The average Bonchev–Trinajstić information content (AvgIpc) is 3.45. The number of phenols is 1. The number of amides is 1. The molecule has 154 valence electrons. The lowest BCUT2D eigenvalue weighted by atomic mass is 9.94. The summed E-state index contributed by atoms with van der Waals surface area (Å²) in [6.07, 6.45) is 1.32. The standard InChI is InChI=1S/C21H18N2O7/c1-3-28-15-10-12(6-7-13(15)24)18-17(19(25)14-5-4-8-29-14)20(26)21(27)23(18)16-9-11(2)30-22-16/h4-10,18,24,26H,3H2,1-2H3/t18-/m0/s1. The molecule has 2 aromatic heterocycles. The molecule has 0 saturated heterocycles. The first kappa shape index (κ1) is 19.3. The summed E-state index contributed by atoms with van der Waals surface area (Å²) in [5.41, 5.74) is 0.243. The molecule has 0 bridgehead atoms. The first-order valence-electron chi connectivity index (χ1n) is 9.16. The van der Waals surface area contributed by atoms with Gasteiger partial charge in [0.25, 0.3) is 5.91 Å². The lowest BCUT2D eigenvalue weighted by Gasteiger charge is -2.24. The number of rotatable bonds is 6. The smallest absolute Gasteiger partial charge is 0.295 e. The summed E-state index contributed by atoms with van der Waals surface area (Å²) < 4.78 is 15.7. The molecule has 3 heterocycles. The van der Waals surface area contributed by atoms with Crippen LogP contribution < -0.4 is 9.64 Å². The number of aliphatic hydroxyl groups is 1. The van der Waals surface area contributed by atoms with E-state index in [1.165, 1.54) is 42.7 Å². The highest BCUT2D eigenvalue weighted by molar-refractivity contribution is 6.19. The number of carbonyl (C=O) groups excluding carboxylic acids is 2. The van der Waals surface area contributed by atoms with E-state index in [0.29, 0.717) is 17.9 Å². The van der Waals surface area contributed by atoms with Crippen molar-refractivity contribution in [3.8, 4) is 11.5 Å². The van der Waals surface area contributed by atoms with Gasteiger partial charge < -0.3 is 23.9 Å². The van der Waals surface area contributed by atoms with Crippen molar-refractivity contribution in [2.75, 3.05) is 11.5 Å². The number of aliphatic hydroxyl groups excluding tert-OH is 1. The summed E-state index contributed by atoms with van der Waals surface area (Å²) in [7, 11) is 0. The fourth-order valence-electron chi connectivity index (χ4n) is 3.37. The van der Waals surface area contributed by atoms with Gasteiger partial charge in [-0.25, -0.2) is 0 Å². The summed E-state index contributed by atoms with van der Waals surface area (Å²) >= 11 is 0. The van der Waals surface area contributed by atoms with Crippen molar-refractivity contribution in [3.63, 3.8) is 0 Å². The summed E-state index contributed by atoms with van der Waals surface area (Å²) in [5.74, 6) is -1.55. The number of Topliss-reactive ketones (excluding diaryl/α,β-unsaturated/α-hetero) is 1. The number of ketones is 1. The molecule has 0 unspecified atom stereocenters. The molecule has 2 N–H and O–H groups in total. The second-order valence-electron chi connectivity index (χ2n) is 6.60. The van der Waals surface area contributed by atoms with Crippen LogP contribution in [0.3, 0.4) is 0 Å². The van der Waals surface area contributed by atoms with Crippen LogP contribution in [-0.4, -0.2) is 33.7 Å². The number of furan rings is 1. The Labute approximate surface area is 170 Å². The zero-order valence-corrected chi connectivity index (χ0v) is 16.2. The third kappa shape index (κ3) is 3.10. The van der Waals surface area contributed by atoms with E-state index in [4.69, 9.17) is 13.7 Å². The number of aryl methyl sites for hydroxylation is 1. The van der Waals surface area contributed by atoms with E-state index in [2.05, 4.69) is 5.16 Å². The van der Waals surface area contributed by atoms with E-state index < -0.39 is 23.5 Å². The fraction of sp³-hybridized carbons (Fsp3) is 0.190. The second-order valence-corrected chi connectivity index (χ2v) is 6.60. The number of benzene rings is 1. The lowest BCUT2D eigenvalue weighted by Crippen LogP contribution is -2.31. The molecule has 9 heteroatoms. The minimum atomic E-state index is -1.04. The van der Waals surface area contributed by atoms with Crippen molar-refractivity contribution >= 4 is 17.5 Å². The van der Waals surface area contributed by atoms with E-state index in [0.717, 1.165) is 4.90 Å². The van der Waals surface area contributed by atoms with Crippen LogP contribution in [0.5, 0.6) is 11.5 Å². The summed E-state index contributed by atoms with van der Waals surface area (Å²) in [6.45, 7) is 3.71. The minimum absolute atomic E-state index is 0.0312. The van der Waals surface area contributed by atoms with Gasteiger partial charge in [0.2, 0.25) is 5.78 Å². The van der Waals surface area contributed by atoms with Crippen molar-refractivity contribution < 1.29 is 33.5 Å². The zero-order valence-electron chi connectivity index (χ0n) is 16.2. The van der Waals surface area contributed by atoms with Gasteiger partial charge >= 0.3 is 0 Å². The van der Waals surface area contributed by atoms with Crippen LogP contribution in [0.4, 0.5) is 5.82 Å². The van der Waals surface area contributed by atoms with Crippen molar-refractivity contribution in [1.82, 2.24) is 5.16 Å². The lowest BCUT2D eigenvalue weighted by molar-refractivity contribution is -0.117. The molecule has 1 aliphatic heterocycles. The molecule has 30 heavy (non-hydrogen) atoms. The van der Waals surface area contributed by atoms with E-state index in [9.17, 15) is 19.8 Å². The van der Waals surface area contributed by atoms with Gasteiger partial charge in [0.1, 0.15) is 5.76 Å². The molecular weight excluding hydrogens is 392 g/mol. The van der Waals surface area contributed by atoms with Crippen LogP contribution in [0, 0.1) is 6.92 Å². The first-order valence-corrected chi connectivity index (χ1v) is 9.16. The molecule has 1 aromatic carbocycles. The van der Waals surface area contributed by atoms with E-state index in [-0.39, 0.29) is 28.7 Å². The number of aromatic nitrogens is 1. The number of aromatic hydroxyl groups is 1. The van der Waals surface area contributed by atoms with Crippen molar-refractivity contribution in [2.24, 2.45) is 0 Å². The molecular formula is C21H18N2O7. The van der Waals surface area contributed by atoms with Gasteiger partial charge in [0, 0.05) is 6.07 Å². The maximum atomic E-state index is 13.1. The molecule has 1 amide bonds. The SMILES string of the molecule is CCOc1cc([C@H]2C(C(=O)c3ccco3)=C(O)C(=O)N2c2cc(C)on2)ccc1O. The molecule has 1 atom stereocenters. The van der Waals surface area contributed by atoms with Crippen LogP contribution in [0.25, 0.3) is 0 Å². The predicted octanol–water partition coefficient (Wildman–Crippen LogP) is 3.46. The highest BCUT2D eigenvalue weighted by atomic mass is 16.5. The molecule has 4 rings (SSSR count). The first-order chi connectivity index (χ1) is 14.4. The predicted molar refractivity (Wildman–Crippen MR) is 103 cm³/mol. The van der Waals surface area contributed by atoms with Crippen molar-refractivity contribution in [1.29, 1.82) is 0 Å². The Hall–Kier alpha value is -4.01. The van der Waals surface area contributed by atoms with Crippen LogP contribution in [-0.2, 0) is 4.79 Å². The molecule has 1 aliphatic rings. The van der Waals surface area contributed by atoms with Gasteiger partial charge in [0.15, 0.2) is 28.8 Å². The van der Waals surface area contributed by atoms with Crippen LogP contribution >= 0.6 is 0 Å². The second kappa shape index (κ2) is 7.43. The Morgan fingerprint density at radius 1 is 1.27 bits per heavy atom. The Morgan fingerprint density at radius 2 is 2.07 bits per heavy atom. The Bertz CT molecular complexity index is 1140. The number of phenolic OH excluding ortho intramolecular Hbond substituents is 1. The van der Waals surface area contributed by atoms with E-state index in [1.54, 1.807) is 13.8 Å². The molecule has 0 radical (unpaired) electrons. The topological polar surface area (TPSA) is 126 Å². The summed E-state index contributed by atoms with van der Waals surface area (Å²) in [5, 5.41) is 24.5. The largest absolute Gasteiger partial charge is 0.504 e. The Kier molecular flexibility index (Phi) is 4.78. The monoisotopic (exact) mass is 410 g/mol. The average molecular weight is 410 g/mol. The molecule has 0 saturated carbocycles. The Balaban J connectivity index is 1.89. The van der Waals surface area contributed by atoms with Crippen LogP contribution in [0.1, 0.15) is 34.8 Å². The number of nitrogens with zero attached hydrogens (tertiary/aromatic N) is 2. The number of hydrogen-bond donors (Lipinski definition) is 2. The Morgan fingerprint density at radius 3 is 2.70 bits per heavy atom. The normalized spacial score (nSPS) is 16.4. The molecule has 9 nitrogen and oxygen atoms in total. The minimum Gasteiger partial charge on any atom is -0.504 e. The van der Waals surface area contributed by atoms with Crippen LogP contribution in [0.2, 0.25) is 0 Å². The molecule has 0 aliphatic carbocycles. The number of anilines is 1. The fourth-order valence-corrected chi connectivity index (χ4v) is 3.37. The molecule has 0 spiro atoms. The van der Waals surface area contributed by atoms with Gasteiger partial charge in [0.05, 0.1) is 24.5 Å². The van der Waals surface area contributed by atoms with E-state index >= 15 is 0 Å². The van der Waals surface area contributed by atoms with Gasteiger partial charge in [-0.05, 0) is 43.7 Å². The quantitative estimate of drug-likeness (QED) is 0.592. The highest BCUT2D eigenvalue weighted by Crippen LogP contribution is 2.43. The summed E-state index contributed by atoms with van der Waals surface area (Å²) in [4.78, 5) is 27.2. The van der Waals surface area contributed by atoms with E-state index in [1.807, 2.05) is 0 Å². The van der Waals surface area contributed by atoms with Gasteiger partial charge in [-0.15, -0.1) is 0 Å². The summed E-state index contributed by atoms with van der Waals surface area (Å²) in [6, 6.07) is 7.87. The third-order valence-corrected chi connectivity index (χ3v) is 4.66. The maximum Gasteiger partial charge on any atom is 0.295 e. The molecule has 3 aromatic rings. The number of ether oxygens (including phenoxy) is 1. The van der Waals surface area contributed by atoms with Gasteiger partial charge in [-0.1, -0.05) is 11.2 Å². The molecule has 0 fully saturated rings. The van der Waals surface area contributed by atoms with Gasteiger partial charge in [-0.3, -0.25) is 14.5 Å². The van der Waals surface area contributed by atoms with Crippen LogP contribution in [0.15, 0.2) is 62.9 Å². The van der Waals surface area contributed by atoms with Gasteiger partial charge in [-0.2, -0.15) is 0 Å². The van der Waals surface area contributed by atoms with Crippen molar-refractivity contribution in [3.05, 3.63) is 71.1 Å². The third-order valence-electron chi connectivity index (χ3n) is 4.66. The maximum absolute atomic E-state index is 13.1. The number of carbonyl (C=O) groups is 2. The zero-order chi connectivity index (χ0) is 21.4. The van der Waals surface area contributed by atoms with Crippen molar-refractivity contribution in [2.45, 2.75) is 19.9 Å². The number of hydrogen-bond acceptors (Lipinski definition) is 8.